The molecule has 0 saturated carbocycles. The Labute approximate surface area is 257 Å². The fourth-order valence-electron chi connectivity index (χ4n) is 4.97. The summed E-state index contributed by atoms with van der Waals surface area (Å²) >= 11 is 0. The number of alkyl carbamates (subject to hydrolysis) is 1. The van der Waals surface area contributed by atoms with Crippen molar-refractivity contribution >= 4 is 44.3 Å². The smallest absolute Gasteiger partial charge is 0.414 e. The van der Waals surface area contributed by atoms with Crippen molar-refractivity contribution in [1.82, 2.24) is 9.29 Å². The second kappa shape index (κ2) is 13.1. The van der Waals surface area contributed by atoms with E-state index in [-0.39, 0.29) is 17.4 Å². The first-order valence-corrected chi connectivity index (χ1v) is 15.6. The maximum atomic E-state index is 13.6. The molecule has 1 heterocycles. The molecule has 4 aromatic rings. The Bertz CT molecular complexity index is 1890. The maximum absolute atomic E-state index is 13.6. The van der Waals surface area contributed by atoms with E-state index >= 15 is 0 Å². The molecule has 4 rings (SSSR count). The first-order valence-electron chi connectivity index (χ1n) is 14.1. The van der Waals surface area contributed by atoms with Gasteiger partial charge in [0.25, 0.3) is 15.9 Å². The number of amides is 2. The molecule has 1 aromatic heterocycles. The van der Waals surface area contributed by atoms with Gasteiger partial charge in [0.15, 0.2) is 0 Å². The Kier molecular flexibility index (Phi) is 9.55. The largest absolute Gasteiger partial charge is 0.450 e. The maximum Gasteiger partial charge on any atom is 0.414 e. The van der Waals surface area contributed by atoms with Crippen molar-refractivity contribution in [3.63, 3.8) is 0 Å². The van der Waals surface area contributed by atoms with E-state index in [0.29, 0.717) is 17.6 Å². The van der Waals surface area contributed by atoms with E-state index < -0.39 is 27.7 Å². The predicted octanol–water partition coefficient (Wildman–Crippen LogP) is 6.08. The summed E-state index contributed by atoms with van der Waals surface area (Å²) in [6, 6.07) is 18.1. The van der Waals surface area contributed by atoms with Gasteiger partial charge in [-0.2, -0.15) is 10.4 Å². The molecule has 2 N–H and O–H groups in total. The van der Waals surface area contributed by atoms with Gasteiger partial charge < -0.3 is 4.74 Å². The molecule has 0 aliphatic rings. The highest BCUT2D eigenvalue weighted by Gasteiger charge is 2.23. The number of nitrogens with zero attached hydrogens (tertiary/aromatic N) is 3. The van der Waals surface area contributed by atoms with Crippen LogP contribution in [-0.4, -0.2) is 36.7 Å². The van der Waals surface area contributed by atoms with Crippen molar-refractivity contribution in [2.24, 2.45) is 5.10 Å². The number of fused-ring (bicyclic) bond motifs is 1. The van der Waals surface area contributed by atoms with Crippen LogP contribution < -0.4 is 10.7 Å². The van der Waals surface area contributed by atoms with Gasteiger partial charge in [0, 0.05) is 11.6 Å². The number of carbonyl (C=O) groups is 2. The molecule has 3 aromatic carbocycles. The Hall–Kier alpha value is -4.95. The lowest BCUT2D eigenvalue weighted by molar-refractivity contribution is -0.114. The molecule has 0 saturated heterocycles. The molecular weight excluding hydrogens is 578 g/mol. The highest BCUT2D eigenvalue weighted by molar-refractivity contribution is 7.90. The summed E-state index contributed by atoms with van der Waals surface area (Å²) in [6.45, 7) is 11.6. The standard InChI is InChI=1S/C33H35N5O5S/c1-7-43-33(40)35-32(39)30(18-34)37-36-25-14-22(5)27(23(6)15-25)16-24-10-13-31-28(17-24)29(20(2)3)19-38(31)44(41,42)26-11-8-21(4)9-12-26/h8-15,17,19-20,36H,7,16H2,1-6H3,(H,35,39,40)/b37-30-. The van der Waals surface area contributed by atoms with E-state index in [1.165, 1.54) is 3.97 Å². The van der Waals surface area contributed by atoms with E-state index in [1.807, 2.05) is 64.2 Å². The molecule has 0 fully saturated rings. The number of imide groups is 1. The van der Waals surface area contributed by atoms with Crippen LogP contribution >= 0.6 is 0 Å². The van der Waals surface area contributed by atoms with Crippen molar-refractivity contribution < 1.29 is 22.7 Å². The Morgan fingerprint density at radius 1 is 1.02 bits per heavy atom. The van der Waals surface area contributed by atoms with Crippen molar-refractivity contribution in [2.45, 2.75) is 58.8 Å². The molecule has 2 amide bonds. The zero-order chi connectivity index (χ0) is 32.2. The molecule has 0 atom stereocenters. The number of benzene rings is 3. The van der Waals surface area contributed by atoms with Crippen LogP contribution in [-0.2, 0) is 26.0 Å². The average molecular weight is 614 g/mol. The summed E-state index contributed by atoms with van der Waals surface area (Å²) in [6.07, 6.45) is 1.38. The number of nitriles is 1. The van der Waals surface area contributed by atoms with Gasteiger partial charge in [-0.05, 0) is 104 Å². The van der Waals surface area contributed by atoms with Crippen LogP contribution in [0.2, 0.25) is 0 Å². The van der Waals surface area contributed by atoms with Crippen LogP contribution in [0.5, 0.6) is 0 Å². The third-order valence-electron chi connectivity index (χ3n) is 7.25. The fourth-order valence-corrected chi connectivity index (χ4v) is 6.35. The summed E-state index contributed by atoms with van der Waals surface area (Å²) in [5, 5.41) is 16.0. The number of hydrazone groups is 1. The van der Waals surface area contributed by atoms with Crippen LogP contribution in [0.25, 0.3) is 10.9 Å². The highest BCUT2D eigenvalue weighted by Crippen LogP contribution is 2.33. The van der Waals surface area contributed by atoms with Gasteiger partial charge in [-0.1, -0.05) is 37.6 Å². The van der Waals surface area contributed by atoms with Crippen molar-refractivity contribution in [2.75, 3.05) is 12.0 Å². The minimum absolute atomic E-state index is 0.0801. The van der Waals surface area contributed by atoms with Gasteiger partial charge in [-0.15, -0.1) is 0 Å². The lowest BCUT2D eigenvalue weighted by Crippen LogP contribution is -2.36. The van der Waals surface area contributed by atoms with Gasteiger partial charge in [-0.3, -0.25) is 15.5 Å². The Morgan fingerprint density at radius 3 is 2.27 bits per heavy atom. The van der Waals surface area contributed by atoms with Crippen LogP contribution in [0, 0.1) is 32.1 Å². The number of aryl methyl sites for hydroxylation is 3. The summed E-state index contributed by atoms with van der Waals surface area (Å²) in [4.78, 5) is 23.9. The Balaban J connectivity index is 1.62. The molecule has 228 valence electrons. The summed E-state index contributed by atoms with van der Waals surface area (Å²) in [5.41, 5.74) is 9.35. The second-order valence-electron chi connectivity index (χ2n) is 10.8. The molecular formula is C33H35N5O5S. The fraction of sp³-hybridized carbons (Fsp3) is 0.273. The second-order valence-corrected chi connectivity index (χ2v) is 12.6. The van der Waals surface area contributed by atoms with Gasteiger partial charge in [-0.25, -0.2) is 17.2 Å². The number of aromatic nitrogens is 1. The molecule has 0 spiro atoms. The molecule has 0 radical (unpaired) electrons. The molecule has 0 aliphatic carbocycles. The molecule has 10 nitrogen and oxygen atoms in total. The van der Waals surface area contributed by atoms with Gasteiger partial charge in [0.1, 0.15) is 6.07 Å². The van der Waals surface area contributed by atoms with Crippen LogP contribution in [0.1, 0.15) is 60.1 Å². The molecule has 44 heavy (non-hydrogen) atoms. The SMILES string of the molecule is CCOC(=O)NC(=O)/C(C#N)=N\Nc1cc(C)c(Cc2ccc3c(c2)c(C(C)C)cn3S(=O)(=O)c2ccc(C)cc2)c(C)c1. The van der Waals surface area contributed by atoms with Gasteiger partial charge in [0.05, 0.1) is 22.7 Å². The first kappa shape index (κ1) is 32.0. The zero-order valence-electron chi connectivity index (χ0n) is 25.6. The predicted molar refractivity (Wildman–Crippen MR) is 170 cm³/mol. The van der Waals surface area contributed by atoms with Crippen LogP contribution in [0.3, 0.4) is 0 Å². The number of anilines is 1. The van der Waals surface area contributed by atoms with Gasteiger partial charge in [0.2, 0.25) is 5.71 Å². The first-order chi connectivity index (χ1) is 20.8. The Morgan fingerprint density at radius 2 is 1.68 bits per heavy atom. The lowest BCUT2D eigenvalue weighted by Gasteiger charge is -2.14. The van der Waals surface area contributed by atoms with Gasteiger partial charge >= 0.3 is 6.09 Å². The summed E-state index contributed by atoms with van der Waals surface area (Å²) in [7, 11) is -3.78. The van der Waals surface area contributed by atoms with Crippen LogP contribution in [0.15, 0.2) is 70.8 Å². The molecule has 0 unspecified atom stereocenters. The number of ether oxygens (including phenoxy) is 1. The summed E-state index contributed by atoms with van der Waals surface area (Å²) < 4.78 is 33.3. The molecule has 11 heteroatoms. The normalized spacial score (nSPS) is 11.8. The number of hydrogen-bond acceptors (Lipinski definition) is 8. The number of carbonyl (C=O) groups excluding carboxylic acids is 2. The van der Waals surface area contributed by atoms with E-state index in [9.17, 15) is 23.3 Å². The van der Waals surface area contributed by atoms with E-state index in [1.54, 1.807) is 43.5 Å². The number of rotatable bonds is 9. The minimum Gasteiger partial charge on any atom is -0.450 e. The monoisotopic (exact) mass is 613 g/mol. The van der Waals surface area contributed by atoms with E-state index in [2.05, 4.69) is 21.3 Å². The highest BCUT2D eigenvalue weighted by atomic mass is 32.2. The van der Waals surface area contributed by atoms with Crippen molar-refractivity contribution in [3.05, 3.63) is 94.2 Å². The van der Waals surface area contributed by atoms with E-state index in [0.717, 1.165) is 38.8 Å². The number of nitrogens with one attached hydrogen (secondary N) is 2. The summed E-state index contributed by atoms with van der Waals surface area (Å²) in [5.74, 6) is -0.866. The minimum atomic E-state index is -3.78. The average Bonchev–Trinajstić information content (AvgIpc) is 3.36. The third-order valence-corrected chi connectivity index (χ3v) is 8.94. The number of hydrogen-bond donors (Lipinski definition) is 2. The topological polar surface area (TPSA) is 143 Å². The quantitative estimate of drug-likeness (QED) is 0.172. The van der Waals surface area contributed by atoms with Crippen molar-refractivity contribution in [1.29, 1.82) is 5.26 Å². The molecule has 0 aliphatic heterocycles. The van der Waals surface area contributed by atoms with E-state index in [4.69, 9.17) is 0 Å². The van der Waals surface area contributed by atoms with Crippen LogP contribution in [0.4, 0.5) is 10.5 Å². The molecule has 0 bridgehead atoms. The van der Waals surface area contributed by atoms with Crippen molar-refractivity contribution in [3.8, 4) is 6.07 Å². The third kappa shape index (κ3) is 6.82. The zero-order valence-corrected chi connectivity index (χ0v) is 26.4. The lowest BCUT2D eigenvalue weighted by atomic mass is 9.94.